The molecule has 0 spiro atoms. The van der Waals surface area contributed by atoms with Gasteiger partial charge in [-0.3, -0.25) is 9.59 Å². The molecule has 0 aromatic heterocycles. The summed E-state index contributed by atoms with van der Waals surface area (Å²) in [6, 6.07) is 9.06. The van der Waals surface area contributed by atoms with Crippen molar-refractivity contribution in [3.05, 3.63) is 35.4 Å². The van der Waals surface area contributed by atoms with Gasteiger partial charge in [0, 0.05) is 18.7 Å². The fourth-order valence-electron chi connectivity index (χ4n) is 3.30. The summed E-state index contributed by atoms with van der Waals surface area (Å²) in [6.07, 6.45) is 2.49. The van der Waals surface area contributed by atoms with Crippen LogP contribution in [0.15, 0.2) is 24.3 Å². The van der Waals surface area contributed by atoms with Gasteiger partial charge in [0.05, 0.1) is 18.4 Å². The molecule has 0 bridgehead atoms. The molecule has 22 heavy (non-hydrogen) atoms. The normalized spacial score (nSPS) is 24.0. The number of hydrogen-bond donors (Lipinski definition) is 1. The Morgan fingerprint density at radius 2 is 1.91 bits per heavy atom. The molecule has 1 heterocycles. The van der Waals surface area contributed by atoms with Gasteiger partial charge in [-0.25, -0.2) is 0 Å². The molecule has 1 aromatic carbocycles. The van der Waals surface area contributed by atoms with Crippen LogP contribution in [0.2, 0.25) is 0 Å². The number of likely N-dealkylation sites (tertiary alicyclic amines) is 1. The van der Waals surface area contributed by atoms with E-state index >= 15 is 0 Å². The molecular formula is C17H18N2O3. The molecule has 1 aliphatic carbocycles. The number of aliphatic carboxylic acids is 1. The van der Waals surface area contributed by atoms with E-state index in [9.17, 15) is 14.7 Å². The second kappa shape index (κ2) is 5.80. The highest BCUT2D eigenvalue weighted by molar-refractivity contribution is 5.95. The number of carboxylic acids is 1. The van der Waals surface area contributed by atoms with Crippen molar-refractivity contribution in [1.29, 1.82) is 5.26 Å². The molecule has 0 unspecified atom stereocenters. The minimum absolute atomic E-state index is 0.0966. The molecule has 1 N–H and O–H groups in total. The number of amides is 1. The number of hydrogen-bond acceptors (Lipinski definition) is 3. The molecule has 114 valence electrons. The van der Waals surface area contributed by atoms with Gasteiger partial charge in [-0.1, -0.05) is 12.1 Å². The molecular weight excluding hydrogens is 280 g/mol. The molecule has 5 heteroatoms. The molecule has 2 atom stereocenters. The van der Waals surface area contributed by atoms with Crippen molar-refractivity contribution in [3.63, 3.8) is 0 Å². The lowest BCUT2D eigenvalue weighted by atomic mass is 9.92. The highest BCUT2D eigenvalue weighted by atomic mass is 16.4. The van der Waals surface area contributed by atoms with Crippen LogP contribution in [0.4, 0.5) is 0 Å². The zero-order chi connectivity index (χ0) is 15.7. The van der Waals surface area contributed by atoms with E-state index in [1.165, 1.54) is 0 Å². The molecule has 0 radical (unpaired) electrons. The Morgan fingerprint density at radius 1 is 1.23 bits per heavy atom. The molecule has 1 aliphatic heterocycles. The van der Waals surface area contributed by atoms with Gasteiger partial charge in [0.15, 0.2) is 0 Å². The molecule has 5 nitrogen and oxygen atoms in total. The lowest BCUT2D eigenvalue weighted by Crippen LogP contribution is -2.29. The summed E-state index contributed by atoms with van der Waals surface area (Å²) in [5.41, 5.74) is 1.43. The van der Waals surface area contributed by atoms with E-state index in [1.54, 1.807) is 29.2 Å². The first-order valence-electron chi connectivity index (χ1n) is 7.58. The van der Waals surface area contributed by atoms with E-state index in [0.717, 1.165) is 18.4 Å². The van der Waals surface area contributed by atoms with Gasteiger partial charge in [0.25, 0.3) is 5.91 Å². The van der Waals surface area contributed by atoms with E-state index in [-0.39, 0.29) is 11.8 Å². The summed E-state index contributed by atoms with van der Waals surface area (Å²) >= 11 is 0. The number of benzene rings is 1. The van der Waals surface area contributed by atoms with E-state index in [1.807, 2.05) is 0 Å². The van der Waals surface area contributed by atoms with Crippen molar-refractivity contribution in [2.45, 2.75) is 19.3 Å². The molecule has 2 aliphatic rings. The van der Waals surface area contributed by atoms with Crippen LogP contribution in [0.5, 0.6) is 0 Å². The fraction of sp³-hybridized carbons (Fsp3) is 0.471. The topological polar surface area (TPSA) is 81.4 Å². The number of rotatable bonds is 4. The van der Waals surface area contributed by atoms with Gasteiger partial charge >= 0.3 is 5.97 Å². The van der Waals surface area contributed by atoms with Crippen molar-refractivity contribution in [2.75, 3.05) is 13.1 Å². The number of carbonyl (C=O) groups is 2. The Morgan fingerprint density at radius 3 is 2.45 bits per heavy atom. The zero-order valence-corrected chi connectivity index (χ0v) is 12.2. The summed E-state index contributed by atoms with van der Waals surface area (Å²) in [7, 11) is 0. The molecule has 3 rings (SSSR count). The summed E-state index contributed by atoms with van der Waals surface area (Å²) < 4.78 is 0. The van der Waals surface area contributed by atoms with E-state index in [0.29, 0.717) is 31.0 Å². The monoisotopic (exact) mass is 298 g/mol. The van der Waals surface area contributed by atoms with Gasteiger partial charge in [-0.2, -0.15) is 5.26 Å². The lowest BCUT2D eigenvalue weighted by Gasteiger charge is -2.16. The number of nitriles is 1. The lowest BCUT2D eigenvalue weighted by molar-refractivity contribution is -0.142. The maximum Gasteiger partial charge on any atom is 0.308 e. The van der Waals surface area contributed by atoms with Crippen LogP contribution in [0.25, 0.3) is 0 Å². The summed E-state index contributed by atoms with van der Waals surface area (Å²) in [5, 5.41) is 18.0. The Hall–Kier alpha value is -2.35. The summed E-state index contributed by atoms with van der Waals surface area (Å²) in [4.78, 5) is 25.6. The Balaban J connectivity index is 1.72. The van der Waals surface area contributed by atoms with Gasteiger partial charge in [0.1, 0.15) is 0 Å². The van der Waals surface area contributed by atoms with Crippen LogP contribution in [0.1, 0.15) is 28.8 Å². The average molecular weight is 298 g/mol. The highest BCUT2D eigenvalue weighted by Gasteiger charge is 2.46. The van der Waals surface area contributed by atoms with Crippen LogP contribution < -0.4 is 0 Å². The third-order valence-electron chi connectivity index (χ3n) is 4.68. The third kappa shape index (κ3) is 2.82. The molecule has 1 saturated carbocycles. The predicted octanol–water partition coefficient (Wildman–Crippen LogP) is 1.94. The second-order valence-corrected chi connectivity index (χ2v) is 6.19. The quantitative estimate of drug-likeness (QED) is 0.921. The number of carbonyl (C=O) groups excluding carboxylic acids is 1. The largest absolute Gasteiger partial charge is 0.481 e. The third-order valence-corrected chi connectivity index (χ3v) is 4.68. The smallest absolute Gasteiger partial charge is 0.308 e. The number of nitrogens with zero attached hydrogens (tertiary/aromatic N) is 2. The molecule has 2 fully saturated rings. The van der Waals surface area contributed by atoms with Crippen molar-refractivity contribution in [1.82, 2.24) is 4.90 Å². The van der Waals surface area contributed by atoms with Gasteiger partial charge in [0.2, 0.25) is 0 Å². The van der Waals surface area contributed by atoms with Crippen molar-refractivity contribution < 1.29 is 14.7 Å². The number of carboxylic acid groups (broad SMARTS) is 1. The molecule has 1 amide bonds. The first kappa shape index (κ1) is 14.6. The Labute approximate surface area is 129 Å². The predicted molar refractivity (Wildman–Crippen MR) is 79.0 cm³/mol. The summed E-state index contributed by atoms with van der Waals surface area (Å²) in [5.74, 6) is -0.778. The first-order valence-corrected chi connectivity index (χ1v) is 7.58. The average Bonchev–Trinajstić information content (AvgIpc) is 3.26. The highest BCUT2D eigenvalue weighted by Crippen LogP contribution is 2.44. The molecule has 1 aromatic rings. The van der Waals surface area contributed by atoms with Crippen LogP contribution in [-0.4, -0.2) is 35.0 Å². The maximum absolute atomic E-state index is 12.5. The molecule has 1 saturated heterocycles. The van der Waals surface area contributed by atoms with Gasteiger partial charge in [-0.05, 0) is 42.4 Å². The fourth-order valence-corrected chi connectivity index (χ4v) is 3.30. The van der Waals surface area contributed by atoms with Crippen molar-refractivity contribution >= 4 is 11.9 Å². The van der Waals surface area contributed by atoms with Crippen LogP contribution in [0, 0.1) is 29.1 Å². The maximum atomic E-state index is 12.5. The van der Waals surface area contributed by atoms with E-state index in [4.69, 9.17) is 5.26 Å². The Kier molecular flexibility index (Phi) is 3.84. The summed E-state index contributed by atoms with van der Waals surface area (Å²) in [6.45, 7) is 0.843. The van der Waals surface area contributed by atoms with Gasteiger partial charge < -0.3 is 10.0 Å². The van der Waals surface area contributed by atoms with Crippen molar-refractivity contribution in [3.8, 4) is 6.07 Å². The van der Waals surface area contributed by atoms with Crippen LogP contribution in [-0.2, 0) is 11.2 Å². The standard InChI is InChI=1S/C17H18N2O3/c18-8-7-11-1-3-13(4-2-11)16(20)19-9-14(12-5-6-12)15(10-19)17(21)22/h1-4,12,14-15H,5-7,9-10H2,(H,21,22)/t14-,15+/m1/s1. The minimum atomic E-state index is -0.795. The van der Waals surface area contributed by atoms with Crippen LogP contribution >= 0.6 is 0 Å². The minimum Gasteiger partial charge on any atom is -0.481 e. The Bertz CT molecular complexity index is 628. The van der Waals surface area contributed by atoms with Gasteiger partial charge in [-0.15, -0.1) is 0 Å². The van der Waals surface area contributed by atoms with Crippen LogP contribution in [0.3, 0.4) is 0 Å². The first-order chi connectivity index (χ1) is 10.6. The van der Waals surface area contributed by atoms with E-state index in [2.05, 4.69) is 6.07 Å². The zero-order valence-electron chi connectivity index (χ0n) is 12.2. The van der Waals surface area contributed by atoms with E-state index < -0.39 is 11.9 Å². The second-order valence-electron chi connectivity index (χ2n) is 6.19. The van der Waals surface area contributed by atoms with Crippen molar-refractivity contribution in [2.24, 2.45) is 17.8 Å². The SMILES string of the molecule is N#CCc1ccc(C(=O)N2C[C@H](C(=O)O)[C@@H](C3CC3)C2)cc1.